The van der Waals surface area contributed by atoms with E-state index < -0.39 is 0 Å². The second-order valence-electron chi connectivity index (χ2n) is 6.73. The summed E-state index contributed by atoms with van der Waals surface area (Å²) in [7, 11) is 0. The molecule has 0 saturated carbocycles. The standard InChI is InChI=1S/C22H22N2O/c25-21(20-13-7-15-23-20)24-16-8-14-22(17-24,18-9-3-1-4-10-18)19-11-5-2-6-12-19/h1-7,9-13,15,23H,8,14,16-17H2. The molecule has 3 aromatic rings. The number of hydrogen-bond donors (Lipinski definition) is 1. The summed E-state index contributed by atoms with van der Waals surface area (Å²) in [6.45, 7) is 1.51. The Morgan fingerprint density at radius 1 is 0.880 bits per heavy atom. The number of carbonyl (C=O) groups excluding carboxylic acids is 1. The predicted molar refractivity (Wildman–Crippen MR) is 99.6 cm³/mol. The van der Waals surface area contributed by atoms with Crippen LogP contribution in [0, 0.1) is 0 Å². The Bertz CT molecular complexity index is 785. The normalized spacial score (nSPS) is 16.6. The molecule has 0 bridgehead atoms. The van der Waals surface area contributed by atoms with Crippen LogP contribution in [-0.4, -0.2) is 28.9 Å². The highest BCUT2D eigenvalue weighted by Crippen LogP contribution is 2.40. The fourth-order valence-corrected chi connectivity index (χ4v) is 4.01. The summed E-state index contributed by atoms with van der Waals surface area (Å²) in [4.78, 5) is 18.0. The summed E-state index contributed by atoms with van der Waals surface area (Å²) in [5.74, 6) is 0.0842. The summed E-state index contributed by atoms with van der Waals surface area (Å²) in [5, 5.41) is 0. The highest BCUT2D eigenvalue weighted by Gasteiger charge is 2.40. The van der Waals surface area contributed by atoms with Crippen molar-refractivity contribution in [3.8, 4) is 0 Å². The van der Waals surface area contributed by atoms with E-state index in [1.807, 2.05) is 29.2 Å². The number of piperidine rings is 1. The number of carbonyl (C=O) groups is 1. The molecular formula is C22H22N2O. The number of aromatic nitrogens is 1. The number of benzene rings is 2. The van der Waals surface area contributed by atoms with Gasteiger partial charge in [-0.05, 0) is 36.1 Å². The highest BCUT2D eigenvalue weighted by atomic mass is 16.2. The zero-order chi connectivity index (χ0) is 17.1. The fraction of sp³-hybridized carbons (Fsp3) is 0.227. The molecule has 2 aromatic carbocycles. The number of nitrogens with zero attached hydrogens (tertiary/aromatic N) is 1. The van der Waals surface area contributed by atoms with Crippen molar-refractivity contribution in [3.63, 3.8) is 0 Å². The molecule has 3 nitrogen and oxygen atoms in total. The van der Waals surface area contributed by atoms with Crippen LogP contribution in [0.1, 0.15) is 34.5 Å². The van der Waals surface area contributed by atoms with Crippen LogP contribution >= 0.6 is 0 Å². The molecule has 1 fully saturated rings. The monoisotopic (exact) mass is 330 g/mol. The zero-order valence-corrected chi connectivity index (χ0v) is 14.2. The van der Waals surface area contributed by atoms with Gasteiger partial charge in [-0.3, -0.25) is 4.79 Å². The third kappa shape index (κ3) is 2.86. The number of amides is 1. The van der Waals surface area contributed by atoms with Crippen molar-refractivity contribution in [1.29, 1.82) is 0 Å². The van der Waals surface area contributed by atoms with Gasteiger partial charge in [0.05, 0.1) is 0 Å². The van der Waals surface area contributed by atoms with Crippen molar-refractivity contribution in [2.45, 2.75) is 18.3 Å². The Morgan fingerprint density at radius 3 is 2.08 bits per heavy atom. The third-order valence-corrected chi connectivity index (χ3v) is 5.26. The average molecular weight is 330 g/mol. The number of likely N-dealkylation sites (tertiary alicyclic amines) is 1. The maximum Gasteiger partial charge on any atom is 0.270 e. The lowest BCUT2D eigenvalue weighted by atomic mass is 9.69. The molecule has 1 aliphatic heterocycles. The smallest absolute Gasteiger partial charge is 0.270 e. The van der Waals surface area contributed by atoms with Crippen molar-refractivity contribution in [1.82, 2.24) is 9.88 Å². The second kappa shape index (κ2) is 6.60. The van der Waals surface area contributed by atoms with E-state index >= 15 is 0 Å². The van der Waals surface area contributed by atoms with Gasteiger partial charge in [-0.15, -0.1) is 0 Å². The summed E-state index contributed by atoms with van der Waals surface area (Å²) < 4.78 is 0. The van der Waals surface area contributed by atoms with E-state index in [4.69, 9.17) is 0 Å². The Labute approximate surface area is 148 Å². The van der Waals surface area contributed by atoms with Crippen LogP contribution in [0.25, 0.3) is 0 Å². The Morgan fingerprint density at radius 2 is 1.52 bits per heavy atom. The van der Waals surface area contributed by atoms with Gasteiger partial charge in [0.1, 0.15) is 5.69 Å². The number of rotatable bonds is 3. The Balaban J connectivity index is 1.75. The van der Waals surface area contributed by atoms with Crippen molar-refractivity contribution < 1.29 is 4.79 Å². The largest absolute Gasteiger partial charge is 0.357 e. The molecule has 4 rings (SSSR count). The molecule has 25 heavy (non-hydrogen) atoms. The van der Waals surface area contributed by atoms with Crippen LogP contribution in [0.3, 0.4) is 0 Å². The van der Waals surface area contributed by atoms with E-state index in [2.05, 4.69) is 53.5 Å². The van der Waals surface area contributed by atoms with Crippen molar-refractivity contribution in [2.24, 2.45) is 0 Å². The van der Waals surface area contributed by atoms with Gasteiger partial charge in [0, 0.05) is 24.7 Å². The topological polar surface area (TPSA) is 36.1 Å². The quantitative estimate of drug-likeness (QED) is 0.766. The number of aromatic amines is 1. The summed E-state index contributed by atoms with van der Waals surface area (Å²) in [6.07, 6.45) is 3.85. The third-order valence-electron chi connectivity index (χ3n) is 5.26. The van der Waals surface area contributed by atoms with Crippen LogP contribution in [-0.2, 0) is 5.41 Å². The first-order valence-corrected chi connectivity index (χ1v) is 8.83. The van der Waals surface area contributed by atoms with Crippen LogP contribution in [0.5, 0.6) is 0 Å². The summed E-state index contributed by atoms with van der Waals surface area (Å²) in [6, 6.07) is 24.9. The number of hydrogen-bond acceptors (Lipinski definition) is 1. The minimum atomic E-state index is -0.150. The molecule has 0 aliphatic carbocycles. The van der Waals surface area contributed by atoms with E-state index in [1.165, 1.54) is 11.1 Å². The molecule has 2 heterocycles. The molecule has 1 amide bonds. The van der Waals surface area contributed by atoms with Gasteiger partial charge in [0.2, 0.25) is 0 Å². The maximum atomic E-state index is 12.9. The molecule has 0 atom stereocenters. The molecule has 3 heteroatoms. The van der Waals surface area contributed by atoms with Crippen molar-refractivity contribution in [2.75, 3.05) is 13.1 Å². The van der Waals surface area contributed by atoms with Crippen LogP contribution < -0.4 is 0 Å². The lowest BCUT2D eigenvalue weighted by molar-refractivity contribution is 0.0661. The van der Waals surface area contributed by atoms with E-state index in [1.54, 1.807) is 6.20 Å². The molecular weight excluding hydrogens is 308 g/mol. The minimum absolute atomic E-state index is 0.0842. The SMILES string of the molecule is O=C(c1ccc[nH]1)N1CCCC(c2ccccc2)(c2ccccc2)C1. The maximum absolute atomic E-state index is 12.9. The molecule has 126 valence electrons. The molecule has 0 unspecified atom stereocenters. The van der Waals surface area contributed by atoms with Crippen LogP contribution in [0.4, 0.5) is 0 Å². The van der Waals surface area contributed by atoms with Crippen LogP contribution in [0.15, 0.2) is 79.0 Å². The van der Waals surface area contributed by atoms with Gasteiger partial charge in [0.25, 0.3) is 5.91 Å². The van der Waals surface area contributed by atoms with E-state index in [0.29, 0.717) is 12.2 Å². The number of H-pyrrole nitrogens is 1. The van der Waals surface area contributed by atoms with Gasteiger partial charge in [0.15, 0.2) is 0 Å². The first-order chi connectivity index (χ1) is 12.3. The first-order valence-electron chi connectivity index (χ1n) is 8.83. The fourth-order valence-electron chi connectivity index (χ4n) is 4.01. The lowest BCUT2D eigenvalue weighted by Crippen LogP contribution is -2.49. The summed E-state index contributed by atoms with van der Waals surface area (Å²) in [5.41, 5.74) is 3.08. The lowest BCUT2D eigenvalue weighted by Gasteiger charge is -2.43. The first kappa shape index (κ1) is 15.7. The van der Waals surface area contributed by atoms with Crippen LogP contribution in [0.2, 0.25) is 0 Å². The van der Waals surface area contributed by atoms with Gasteiger partial charge >= 0.3 is 0 Å². The minimum Gasteiger partial charge on any atom is -0.357 e. The molecule has 1 N–H and O–H groups in total. The summed E-state index contributed by atoms with van der Waals surface area (Å²) >= 11 is 0. The Hall–Kier alpha value is -2.81. The molecule has 0 spiro atoms. The second-order valence-corrected chi connectivity index (χ2v) is 6.73. The van der Waals surface area contributed by atoms with E-state index in [0.717, 1.165) is 19.4 Å². The molecule has 1 saturated heterocycles. The van der Waals surface area contributed by atoms with Crippen molar-refractivity contribution >= 4 is 5.91 Å². The van der Waals surface area contributed by atoms with Gasteiger partial charge in [-0.2, -0.15) is 0 Å². The Kier molecular flexibility index (Phi) is 4.14. The van der Waals surface area contributed by atoms with Gasteiger partial charge in [-0.25, -0.2) is 0 Å². The van der Waals surface area contributed by atoms with Gasteiger partial charge in [-0.1, -0.05) is 60.7 Å². The van der Waals surface area contributed by atoms with Crippen molar-refractivity contribution in [3.05, 3.63) is 95.8 Å². The van der Waals surface area contributed by atoms with E-state index in [-0.39, 0.29) is 11.3 Å². The zero-order valence-electron chi connectivity index (χ0n) is 14.2. The molecule has 0 radical (unpaired) electrons. The van der Waals surface area contributed by atoms with E-state index in [9.17, 15) is 4.79 Å². The predicted octanol–water partition coefficient (Wildman–Crippen LogP) is 4.24. The molecule has 1 aliphatic rings. The van der Waals surface area contributed by atoms with Gasteiger partial charge < -0.3 is 9.88 Å². The average Bonchev–Trinajstić information content (AvgIpc) is 3.23. The highest BCUT2D eigenvalue weighted by molar-refractivity contribution is 5.92. The number of nitrogens with one attached hydrogen (secondary N) is 1. The molecule has 1 aromatic heterocycles.